The number of amides is 1. The monoisotopic (exact) mass is 549 g/mol. The van der Waals surface area contributed by atoms with Crippen LogP contribution in [-0.2, 0) is 17.1 Å². The van der Waals surface area contributed by atoms with Crippen molar-refractivity contribution < 1.29 is 13.2 Å². The van der Waals surface area contributed by atoms with Gasteiger partial charge >= 0.3 is 0 Å². The topological polar surface area (TPSA) is 87.5 Å². The van der Waals surface area contributed by atoms with Crippen LogP contribution >= 0.6 is 35.6 Å². The first-order chi connectivity index (χ1) is 15.7. The Labute approximate surface area is 217 Å². The van der Waals surface area contributed by atoms with Crippen LogP contribution < -0.4 is 5.32 Å². The predicted molar refractivity (Wildman–Crippen MR) is 135 cm³/mol. The molecule has 1 amide bonds. The number of carbonyl (C=O) groups excluding carboxylic acids is 1. The third-order valence-electron chi connectivity index (χ3n) is 6.73. The first kappa shape index (κ1) is 27.2. The van der Waals surface area contributed by atoms with Crippen LogP contribution in [0.15, 0.2) is 35.7 Å². The van der Waals surface area contributed by atoms with E-state index in [1.54, 1.807) is 29.8 Å². The number of benzene rings is 1. The Balaban J connectivity index is 0.00000324. The van der Waals surface area contributed by atoms with Crippen LogP contribution in [0.5, 0.6) is 0 Å². The van der Waals surface area contributed by atoms with Crippen molar-refractivity contribution >= 4 is 51.5 Å². The maximum atomic E-state index is 12.9. The third kappa shape index (κ3) is 5.71. The highest BCUT2D eigenvalue weighted by molar-refractivity contribution is 7.89. The lowest BCUT2D eigenvalue weighted by Crippen LogP contribution is -2.62. The Morgan fingerprint density at radius 2 is 1.79 bits per heavy atom. The summed E-state index contributed by atoms with van der Waals surface area (Å²) in [7, 11) is -1.85. The standard InChI is InChI=1S/C22H29Cl2N5O3S.ClH/c1-27-14-20(26-16-27)33(31,32)29-11-9-28(10-12-29)22(7-3-2-4-8-22)15-25-21(30)18-6-5-17(23)13-19(18)24;/h5-6,13-14,16H,2-4,7-12,15H2,1H3,(H,25,30);1H. The van der Waals surface area contributed by atoms with E-state index in [1.165, 1.54) is 23.3 Å². The minimum Gasteiger partial charge on any atom is -0.350 e. The van der Waals surface area contributed by atoms with Crippen LogP contribution in [0.3, 0.4) is 0 Å². The molecule has 1 saturated heterocycles. The Kier molecular flexibility index (Phi) is 8.92. The van der Waals surface area contributed by atoms with E-state index < -0.39 is 10.0 Å². The molecule has 8 nitrogen and oxygen atoms in total. The van der Waals surface area contributed by atoms with E-state index in [-0.39, 0.29) is 28.9 Å². The minimum absolute atomic E-state index is 0. The van der Waals surface area contributed by atoms with Gasteiger partial charge in [-0.05, 0) is 31.0 Å². The molecule has 2 heterocycles. The molecular formula is C22H30Cl3N5O3S. The summed E-state index contributed by atoms with van der Waals surface area (Å²) >= 11 is 12.2. The van der Waals surface area contributed by atoms with Crippen molar-refractivity contribution in [2.75, 3.05) is 32.7 Å². The van der Waals surface area contributed by atoms with Gasteiger partial charge in [0.05, 0.1) is 16.9 Å². The highest BCUT2D eigenvalue weighted by atomic mass is 35.5. The van der Waals surface area contributed by atoms with Gasteiger partial charge in [-0.15, -0.1) is 12.4 Å². The molecule has 1 aromatic heterocycles. The fourth-order valence-electron chi connectivity index (χ4n) is 4.89. The van der Waals surface area contributed by atoms with Gasteiger partial charge in [0.1, 0.15) is 0 Å². The van der Waals surface area contributed by atoms with Gasteiger partial charge in [0.2, 0.25) is 0 Å². The number of rotatable bonds is 6. The first-order valence-electron chi connectivity index (χ1n) is 11.2. The lowest BCUT2D eigenvalue weighted by Gasteiger charge is -2.49. The second-order valence-electron chi connectivity index (χ2n) is 8.86. The van der Waals surface area contributed by atoms with E-state index >= 15 is 0 Å². The fourth-order valence-corrected chi connectivity index (χ4v) is 6.77. The van der Waals surface area contributed by atoms with E-state index in [0.717, 1.165) is 25.7 Å². The second kappa shape index (κ2) is 11.1. The van der Waals surface area contributed by atoms with Crippen molar-refractivity contribution in [3.8, 4) is 0 Å². The van der Waals surface area contributed by atoms with E-state index in [4.69, 9.17) is 23.2 Å². The van der Waals surface area contributed by atoms with Gasteiger partial charge in [-0.25, -0.2) is 13.4 Å². The average molecular weight is 551 g/mol. The molecule has 0 unspecified atom stereocenters. The smallest absolute Gasteiger partial charge is 0.262 e. The Morgan fingerprint density at radius 3 is 2.38 bits per heavy atom. The lowest BCUT2D eigenvalue weighted by atomic mass is 9.79. The molecule has 2 fully saturated rings. The number of halogens is 3. The SMILES string of the molecule is Cl.Cn1cnc(S(=O)(=O)N2CCN(C3(CNC(=O)c4ccc(Cl)cc4Cl)CCCCC3)CC2)c1. The highest BCUT2D eigenvalue weighted by Gasteiger charge is 2.41. The third-order valence-corrected chi connectivity index (χ3v) is 9.07. The summed E-state index contributed by atoms with van der Waals surface area (Å²) < 4.78 is 29.0. The number of hydrogen-bond acceptors (Lipinski definition) is 5. The minimum atomic E-state index is -3.61. The van der Waals surface area contributed by atoms with E-state index in [0.29, 0.717) is 48.3 Å². The molecule has 12 heteroatoms. The van der Waals surface area contributed by atoms with Gasteiger partial charge in [0.25, 0.3) is 15.9 Å². The molecule has 2 aromatic rings. The van der Waals surface area contributed by atoms with Crippen LogP contribution in [-0.4, -0.2) is 71.3 Å². The van der Waals surface area contributed by atoms with E-state index in [9.17, 15) is 13.2 Å². The van der Waals surface area contributed by atoms with Crippen molar-refractivity contribution in [1.29, 1.82) is 0 Å². The molecule has 1 saturated carbocycles. The molecule has 2 aliphatic rings. The van der Waals surface area contributed by atoms with Crippen molar-refractivity contribution in [2.24, 2.45) is 7.05 Å². The van der Waals surface area contributed by atoms with Gasteiger partial charge in [0.15, 0.2) is 5.03 Å². The number of aryl methyl sites for hydroxylation is 1. The van der Waals surface area contributed by atoms with Crippen LogP contribution in [0.25, 0.3) is 0 Å². The maximum Gasteiger partial charge on any atom is 0.262 e. The van der Waals surface area contributed by atoms with Crippen LogP contribution in [0.2, 0.25) is 10.0 Å². The summed E-state index contributed by atoms with van der Waals surface area (Å²) in [4.78, 5) is 19.2. The van der Waals surface area contributed by atoms with Crippen LogP contribution in [0, 0.1) is 0 Å². The Hall–Kier alpha value is -1.36. The summed E-state index contributed by atoms with van der Waals surface area (Å²) in [5.41, 5.74) is 0.214. The molecule has 0 spiro atoms. The largest absolute Gasteiger partial charge is 0.350 e. The zero-order valence-electron chi connectivity index (χ0n) is 19.0. The molecule has 1 aliphatic carbocycles. The molecule has 0 atom stereocenters. The van der Waals surface area contributed by atoms with Crippen molar-refractivity contribution in [2.45, 2.75) is 42.7 Å². The molecule has 34 heavy (non-hydrogen) atoms. The maximum absolute atomic E-state index is 12.9. The summed E-state index contributed by atoms with van der Waals surface area (Å²) in [6, 6.07) is 4.85. The molecule has 1 aromatic carbocycles. The van der Waals surface area contributed by atoms with Gasteiger partial charge in [-0.1, -0.05) is 42.5 Å². The number of nitrogens with one attached hydrogen (secondary N) is 1. The highest BCUT2D eigenvalue weighted by Crippen LogP contribution is 2.35. The molecule has 188 valence electrons. The fraction of sp³-hybridized carbons (Fsp3) is 0.545. The Morgan fingerprint density at radius 1 is 1.12 bits per heavy atom. The molecule has 0 bridgehead atoms. The van der Waals surface area contributed by atoms with Gasteiger partial charge in [0, 0.05) is 56.5 Å². The first-order valence-corrected chi connectivity index (χ1v) is 13.4. The number of hydrogen-bond donors (Lipinski definition) is 1. The van der Waals surface area contributed by atoms with Crippen LogP contribution in [0.1, 0.15) is 42.5 Å². The summed E-state index contributed by atoms with van der Waals surface area (Å²) in [5.74, 6) is -0.224. The quantitative estimate of drug-likeness (QED) is 0.594. The Bertz CT molecular complexity index is 1110. The molecule has 0 radical (unpaired) electrons. The van der Waals surface area contributed by atoms with Crippen molar-refractivity contribution in [3.63, 3.8) is 0 Å². The molecule has 1 aliphatic heterocycles. The number of nitrogens with zero attached hydrogens (tertiary/aromatic N) is 4. The predicted octanol–water partition coefficient (Wildman–Crippen LogP) is 3.59. The number of sulfonamides is 1. The average Bonchev–Trinajstić information content (AvgIpc) is 3.25. The van der Waals surface area contributed by atoms with E-state index in [2.05, 4.69) is 15.2 Å². The van der Waals surface area contributed by atoms with Gasteiger partial charge in [-0.3, -0.25) is 9.69 Å². The van der Waals surface area contributed by atoms with E-state index in [1.807, 2.05) is 0 Å². The van der Waals surface area contributed by atoms with Gasteiger partial charge < -0.3 is 9.88 Å². The lowest BCUT2D eigenvalue weighted by molar-refractivity contribution is 0.0240. The number of imidazole rings is 1. The molecule has 1 N–H and O–H groups in total. The summed E-state index contributed by atoms with van der Waals surface area (Å²) in [6.45, 7) is 2.53. The normalized spacial score (nSPS) is 19.4. The number of piperazine rings is 1. The summed E-state index contributed by atoms with van der Waals surface area (Å²) in [6.07, 6.45) is 8.31. The summed E-state index contributed by atoms with van der Waals surface area (Å²) in [5, 5.41) is 3.98. The van der Waals surface area contributed by atoms with Gasteiger partial charge in [-0.2, -0.15) is 4.31 Å². The second-order valence-corrected chi connectivity index (χ2v) is 11.6. The van der Waals surface area contributed by atoms with Crippen molar-refractivity contribution in [1.82, 2.24) is 24.1 Å². The van der Waals surface area contributed by atoms with Crippen LogP contribution in [0.4, 0.5) is 0 Å². The molecule has 4 rings (SSSR count). The zero-order chi connectivity index (χ0) is 23.6. The van der Waals surface area contributed by atoms with Crippen molar-refractivity contribution in [3.05, 3.63) is 46.3 Å². The zero-order valence-corrected chi connectivity index (χ0v) is 22.2. The molecular weight excluding hydrogens is 521 g/mol. The number of carbonyl (C=O) groups is 1. The number of aromatic nitrogens is 2.